The molecule has 1 N–H and O–H groups in total. The largest absolute Gasteiger partial charge is 0.363 e. The molecule has 0 unspecified atom stereocenters. The summed E-state index contributed by atoms with van der Waals surface area (Å²) in [5.74, 6) is 1.37. The fourth-order valence-electron chi connectivity index (χ4n) is 6.73. The van der Waals surface area contributed by atoms with Crippen LogP contribution in [0.3, 0.4) is 0 Å². The molecule has 0 spiro atoms. The number of aromatic amines is 1. The highest BCUT2D eigenvalue weighted by Crippen LogP contribution is 2.42. The molecule has 10 heteroatoms. The fourth-order valence-corrected chi connectivity index (χ4v) is 6.73. The molecule has 240 valence electrons. The van der Waals surface area contributed by atoms with E-state index in [4.69, 9.17) is 14.6 Å². The van der Waals surface area contributed by atoms with E-state index in [0.717, 1.165) is 70.6 Å². The number of nitrogens with zero attached hydrogens (tertiary/aromatic N) is 6. The SMILES string of the molecule is CCCCc1nc2ccc([C@@H]3C[C@H]4C(c5ccc(C)cc5)=NO[C@H]4O3)cc2c(=O)n1Cc1ccc(-c2ccccc2-c2nn[nH]n2)cc1. The molecule has 0 aliphatic carbocycles. The van der Waals surface area contributed by atoms with E-state index in [-0.39, 0.29) is 17.6 Å². The van der Waals surface area contributed by atoms with E-state index in [1.54, 1.807) is 0 Å². The van der Waals surface area contributed by atoms with Crippen LogP contribution < -0.4 is 5.56 Å². The number of oxime groups is 1. The lowest BCUT2D eigenvalue weighted by atomic mass is 9.91. The summed E-state index contributed by atoms with van der Waals surface area (Å²) < 4.78 is 8.17. The monoisotopic (exact) mass is 637 g/mol. The lowest BCUT2D eigenvalue weighted by Crippen LogP contribution is -2.26. The Morgan fingerprint density at radius 3 is 2.50 bits per heavy atom. The number of hydrogen-bond acceptors (Lipinski definition) is 8. The molecule has 4 aromatic carbocycles. The zero-order valence-corrected chi connectivity index (χ0v) is 26.8. The average Bonchev–Trinajstić information content (AvgIpc) is 3.89. The Bertz CT molecular complexity index is 2170. The van der Waals surface area contributed by atoms with Crippen molar-refractivity contribution < 1.29 is 9.57 Å². The van der Waals surface area contributed by atoms with Crippen molar-refractivity contribution in [2.75, 3.05) is 0 Å². The maximum absolute atomic E-state index is 14.2. The molecule has 0 radical (unpaired) electrons. The van der Waals surface area contributed by atoms with Crippen molar-refractivity contribution in [2.24, 2.45) is 11.1 Å². The first-order chi connectivity index (χ1) is 23.6. The van der Waals surface area contributed by atoms with Crippen molar-refractivity contribution in [1.82, 2.24) is 30.2 Å². The van der Waals surface area contributed by atoms with Crippen molar-refractivity contribution in [1.29, 1.82) is 0 Å². The highest BCUT2D eigenvalue weighted by Gasteiger charge is 2.45. The van der Waals surface area contributed by atoms with E-state index >= 15 is 0 Å². The van der Waals surface area contributed by atoms with Crippen LogP contribution in [-0.2, 0) is 22.5 Å². The second-order valence-corrected chi connectivity index (χ2v) is 12.6. The first-order valence-electron chi connectivity index (χ1n) is 16.5. The third-order valence-corrected chi connectivity index (χ3v) is 9.35. The molecule has 2 aliphatic rings. The van der Waals surface area contributed by atoms with Crippen LogP contribution in [0.2, 0.25) is 0 Å². The van der Waals surface area contributed by atoms with Crippen molar-refractivity contribution >= 4 is 16.6 Å². The fraction of sp³-hybridized carbons (Fsp3) is 0.263. The van der Waals surface area contributed by atoms with Gasteiger partial charge in [-0.25, -0.2) is 4.98 Å². The normalized spacial score (nSPS) is 18.5. The zero-order valence-electron chi connectivity index (χ0n) is 26.8. The lowest BCUT2D eigenvalue weighted by Gasteiger charge is -2.16. The second kappa shape index (κ2) is 12.6. The van der Waals surface area contributed by atoms with Gasteiger partial charge in [-0.3, -0.25) is 9.36 Å². The quantitative estimate of drug-likeness (QED) is 0.186. The predicted molar refractivity (Wildman–Crippen MR) is 183 cm³/mol. The van der Waals surface area contributed by atoms with Gasteiger partial charge in [-0.2, -0.15) is 5.21 Å². The standard InChI is InChI=1S/C38H35N7O3/c1-3-4-9-34-39-32-19-18-27(33-21-31-35(42-48-38(31)47-33)26-14-10-23(2)11-15-26)20-30(32)37(46)45(34)22-24-12-16-25(17-13-24)28-7-5-6-8-29(28)36-40-43-44-41-36/h5-8,10-20,31,33,38H,3-4,9,21-22H2,1-2H3,(H,40,41,43,44)/t31-,33-,38+/m0/s1. The molecular formula is C38H35N7O3. The molecule has 4 heterocycles. The first kappa shape index (κ1) is 29.9. The maximum atomic E-state index is 14.2. The molecule has 48 heavy (non-hydrogen) atoms. The van der Waals surface area contributed by atoms with Gasteiger partial charge >= 0.3 is 0 Å². The van der Waals surface area contributed by atoms with Crippen LogP contribution in [-0.4, -0.2) is 42.2 Å². The van der Waals surface area contributed by atoms with Crippen LogP contribution in [0.5, 0.6) is 0 Å². The number of nitrogens with one attached hydrogen (secondary N) is 1. The summed E-state index contributed by atoms with van der Waals surface area (Å²) in [6, 6.07) is 30.5. The first-order valence-corrected chi connectivity index (χ1v) is 16.5. The number of aromatic nitrogens is 6. The number of benzene rings is 4. The summed E-state index contributed by atoms with van der Waals surface area (Å²) in [5.41, 5.74) is 8.71. The highest BCUT2D eigenvalue weighted by atomic mass is 16.8. The average molecular weight is 638 g/mol. The highest BCUT2D eigenvalue weighted by molar-refractivity contribution is 6.03. The number of fused-ring (bicyclic) bond motifs is 2. The van der Waals surface area contributed by atoms with Gasteiger partial charge in [0.1, 0.15) is 5.82 Å². The number of unbranched alkanes of at least 4 members (excludes halogenated alkanes) is 1. The number of hydrogen-bond donors (Lipinski definition) is 1. The van der Waals surface area contributed by atoms with E-state index < -0.39 is 6.29 Å². The molecule has 0 amide bonds. The zero-order chi connectivity index (χ0) is 32.6. The van der Waals surface area contributed by atoms with Crippen LogP contribution in [0, 0.1) is 12.8 Å². The summed E-state index contributed by atoms with van der Waals surface area (Å²) in [6.07, 6.45) is 2.77. The number of tetrazole rings is 1. The third-order valence-electron chi connectivity index (χ3n) is 9.35. The van der Waals surface area contributed by atoms with E-state index in [9.17, 15) is 4.79 Å². The molecule has 10 nitrogen and oxygen atoms in total. The Morgan fingerprint density at radius 2 is 1.73 bits per heavy atom. The number of aryl methyl sites for hydroxylation is 2. The topological polar surface area (TPSA) is 120 Å². The van der Waals surface area contributed by atoms with Gasteiger partial charge in [-0.05, 0) is 64.9 Å². The summed E-state index contributed by atoms with van der Waals surface area (Å²) in [7, 11) is 0. The molecule has 1 saturated heterocycles. The molecule has 6 aromatic rings. The van der Waals surface area contributed by atoms with Crippen LogP contribution in [0.4, 0.5) is 0 Å². The molecule has 8 rings (SSSR count). The summed E-state index contributed by atoms with van der Waals surface area (Å²) in [4.78, 5) is 25.0. The molecule has 1 fully saturated rings. The van der Waals surface area contributed by atoms with Crippen molar-refractivity contribution in [3.63, 3.8) is 0 Å². The van der Waals surface area contributed by atoms with E-state index in [1.807, 2.05) is 47.0 Å². The second-order valence-electron chi connectivity index (χ2n) is 12.6. The van der Waals surface area contributed by atoms with E-state index in [2.05, 4.69) is 88.2 Å². The minimum atomic E-state index is -0.435. The van der Waals surface area contributed by atoms with Gasteiger partial charge in [-0.1, -0.05) is 103 Å². The maximum Gasteiger partial charge on any atom is 0.261 e. The van der Waals surface area contributed by atoms with Gasteiger partial charge < -0.3 is 9.57 Å². The molecule has 2 aromatic heterocycles. The Labute approximate surface area is 277 Å². The van der Waals surface area contributed by atoms with Gasteiger partial charge in [-0.15, -0.1) is 10.2 Å². The van der Waals surface area contributed by atoms with Gasteiger partial charge in [0.2, 0.25) is 12.1 Å². The van der Waals surface area contributed by atoms with Crippen molar-refractivity contribution in [2.45, 2.75) is 58.5 Å². The molecule has 0 bridgehead atoms. The number of H-pyrrole nitrogens is 1. The van der Waals surface area contributed by atoms with Gasteiger partial charge in [0.05, 0.1) is 35.2 Å². The minimum absolute atomic E-state index is 0.0294. The molecule has 2 aliphatic heterocycles. The van der Waals surface area contributed by atoms with Gasteiger partial charge in [0.25, 0.3) is 5.56 Å². The van der Waals surface area contributed by atoms with Crippen LogP contribution in [0.1, 0.15) is 60.4 Å². The Morgan fingerprint density at radius 1 is 0.938 bits per heavy atom. The number of rotatable bonds is 9. The van der Waals surface area contributed by atoms with E-state index in [0.29, 0.717) is 23.3 Å². The Kier molecular flexibility index (Phi) is 7.85. The minimum Gasteiger partial charge on any atom is -0.363 e. The van der Waals surface area contributed by atoms with Crippen molar-refractivity contribution in [3.05, 3.63) is 129 Å². The van der Waals surface area contributed by atoms with E-state index in [1.165, 1.54) is 5.56 Å². The number of ether oxygens (including phenoxy) is 1. The van der Waals surface area contributed by atoms with Crippen LogP contribution in [0.25, 0.3) is 33.4 Å². The Balaban J connectivity index is 1.08. The third kappa shape index (κ3) is 5.58. The molecule has 3 atom stereocenters. The summed E-state index contributed by atoms with van der Waals surface area (Å²) in [5, 5.41) is 19.5. The molecular weight excluding hydrogens is 602 g/mol. The molecule has 0 saturated carbocycles. The van der Waals surface area contributed by atoms with Gasteiger partial charge in [0, 0.05) is 12.0 Å². The lowest BCUT2D eigenvalue weighted by molar-refractivity contribution is -0.130. The smallest absolute Gasteiger partial charge is 0.261 e. The van der Waals surface area contributed by atoms with Crippen LogP contribution >= 0.6 is 0 Å². The van der Waals surface area contributed by atoms with Crippen LogP contribution in [0.15, 0.2) is 101 Å². The Hall–Kier alpha value is -5.48. The summed E-state index contributed by atoms with van der Waals surface area (Å²) in [6.45, 7) is 4.64. The van der Waals surface area contributed by atoms with Crippen molar-refractivity contribution in [3.8, 4) is 22.5 Å². The van der Waals surface area contributed by atoms with Gasteiger partial charge in [0.15, 0.2) is 0 Å². The summed E-state index contributed by atoms with van der Waals surface area (Å²) >= 11 is 0. The predicted octanol–water partition coefficient (Wildman–Crippen LogP) is 6.78.